The maximum absolute atomic E-state index is 8.98. The van der Waals surface area contributed by atoms with Crippen LogP contribution in [0.1, 0.15) is 16.7 Å². The zero-order valence-electron chi connectivity index (χ0n) is 8.72. The Balaban J connectivity index is 3.32. The molecule has 0 aliphatic carbocycles. The zero-order chi connectivity index (χ0) is 10.7. The molecule has 0 fully saturated rings. The quantitative estimate of drug-likeness (QED) is 0.904. The van der Waals surface area contributed by atoms with Crippen molar-refractivity contribution in [3.8, 4) is 5.75 Å². The normalized spacial score (nSPS) is 10.4. The Morgan fingerprint density at radius 3 is 2.57 bits per heavy atom. The Hall–Kier alpha value is -0.540. The van der Waals surface area contributed by atoms with E-state index in [0.717, 1.165) is 26.9 Å². The molecule has 0 bridgehead atoms. The number of aliphatic hydroxyl groups excluding tert-OH is 1. The Morgan fingerprint density at radius 1 is 1.43 bits per heavy atom. The minimum atomic E-state index is 0.146. The van der Waals surface area contributed by atoms with E-state index in [1.165, 1.54) is 0 Å². The van der Waals surface area contributed by atoms with Gasteiger partial charge in [0.25, 0.3) is 0 Å². The fourth-order valence-corrected chi connectivity index (χ4v) is 2.20. The molecule has 0 saturated heterocycles. The van der Waals surface area contributed by atoms with Crippen molar-refractivity contribution in [1.29, 1.82) is 0 Å². The van der Waals surface area contributed by atoms with Crippen LogP contribution in [0.3, 0.4) is 0 Å². The first-order valence-electron chi connectivity index (χ1n) is 4.55. The first-order valence-corrected chi connectivity index (χ1v) is 5.34. The molecular weight excluding hydrogens is 244 g/mol. The maximum atomic E-state index is 8.98. The molecule has 1 rings (SSSR count). The number of hydrogen-bond acceptors (Lipinski definition) is 2. The molecule has 0 aromatic heterocycles. The molecule has 1 aromatic carbocycles. The number of aliphatic hydroxyl groups is 1. The average Bonchev–Trinajstić information content (AvgIpc) is 2.14. The molecule has 0 saturated carbocycles. The molecule has 3 heteroatoms. The van der Waals surface area contributed by atoms with Crippen molar-refractivity contribution in [3.63, 3.8) is 0 Å². The third-order valence-corrected chi connectivity index (χ3v) is 3.18. The Labute approximate surface area is 93.0 Å². The number of hydrogen-bond donors (Lipinski definition) is 1. The number of aryl methyl sites for hydroxylation is 1. The summed E-state index contributed by atoms with van der Waals surface area (Å²) in [6.07, 6.45) is 0.634. The lowest BCUT2D eigenvalue weighted by Crippen LogP contribution is -2.01. The van der Waals surface area contributed by atoms with E-state index in [9.17, 15) is 0 Å². The number of halogens is 1. The monoisotopic (exact) mass is 258 g/mol. The van der Waals surface area contributed by atoms with Gasteiger partial charge in [0.05, 0.1) is 7.11 Å². The Kier molecular flexibility index (Phi) is 3.96. The van der Waals surface area contributed by atoms with Crippen molar-refractivity contribution in [1.82, 2.24) is 0 Å². The number of methoxy groups -OCH3 is 1. The van der Waals surface area contributed by atoms with Crippen molar-refractivity contribution in [2.45, 2.75) is 20.3 Å². The molecule has 0 amide bonds. The summed E-state index contributed by atoms with van der Waals surface area (Å²) < 4.78 is 6.40. The summed E-state index contributed by atoms with van der Waals surface area (Å²) >= 11 is 3.49. The smallest absolute Gasteiger partial charge is 0.125 e. The fraction of sp³-hybridized carbons (Fsp3) is 0.455. The first kappa shape index (κ1) is 11.5. The maximum Gasteiger partial charge on any atom is 0.125 e. The van der Waals surface area contributed by atoms with E-state index < -0.39 is 0 Å². The zero-order valence-corrected chi connectivity index (χ0v) is 10.3. The van der Waals surface area contributed by atoms with Crippen molar-refractivity contribution in [3.05, 3.63) is 27.2 Å². The van der Waals surface area contributed by atoms with Crippen LogP contribution < -0.4 is 4.74 Å². The average molecular weight is 259 g/mol. The predicted molar refractivity (Wildman–Crippen MR) is 61.0 cm³/mol. The molecule has 0 heterocycles. The second-order valence-corrected chi connectivity index (χ2v) is 4.14. The van der Waals surface area contributed by atoms with Gasteiger partial charge >= 0.3 is 0 Å². The van der Waals surface area contributed by atoms with Crippen LogP contribution in [0.2, 0.25) is 0 Å². The second kappa shape index (κ2) is 4.80. The predicted octanol–water partition coefficient (Wildman–Crippen LogP) is 2.61. The molecule has 0 radical (unpaired) electrons. The highest BCUT2D eigenvalue weighted by Crippen LogP contribution is 2.32. The van der Waals surface area contributed by atoms with Gasteiger partial charge in [-0.05, 0) is 37.5 Å². The molecule has 0 spiro atoms. The lowest BCUT2D eigenvalue weighted by Gasteiger charge is -2.15. The lowest BCUT2D eigenvalue weighted by atomic mass is 10.0. The van der Waals surface area contributed by atoms with Crippen molar-refractivity contribution in [2.75, 3.05) is 13.7 Å². The molecule has 2 nitrogen and oxygen atoms in total. The van der Waals surface area contributed by atoms with Crippen LogP contribution in [0.25, 0.3) is 0 Å². The molecule has 1 aromatic rings. The Morgan fingerprint density at radius 2 is 2.07 bits per heavy atom. The SMILES string of the molecule is COc1c(C)cc(Br)c(C)c1CCO. The van der Waals surface area contributed by atoms with Gasteiger partial charge in [-0.15, -0.1) is 0 Å². The third kappa shape index (κ3) is 2.10. The van der Waals surface area contributed by atoms with Gasteiger partial charge in [0.2, 0.25) is 0 Å². The van der Waals surface area contributed by atoms with E-state index in [1.807, 2.05) is 19.9 Å². The number of rotatable bonds is 3. The largest absolute Gasteiger partial charge is 0.496 e. The standard InChI is InChI=1S/C11H15BrO2/c1-7-6-10(12)8(2)9(4-5-13)11(7)14-3/h6,13H,4-5H2,1-3H3. The van der Waals surface area contributed by atoms with Gasteiger partial charge in [0.1, 0.15) is 5.75 Å². The van der Waals surface area contributed by atoms with Gasteiger partial charge in [0, 0.05) is 16.6 Å². The molecule has 0 atom stereocenters. The van der Waals surface area contributed by atoms with Crippen molar-refractivity contribution < 1.29 is 9.84 Å². The van der Waals surface area contributed by atoms with E-state index in [-0.39, 0.29) is 6.61 Å². The summed E-state index contributed by atoms with van der Waals surface area (Å²) in [5.74, 6) is 0.889. The fourth-order valence-electron chi connectivity index (χ4n) is 1.61. The minimum Gasteiger partial charge on any atom is -0.496 e. The summed E-state index contributed by atoms with van der Waals surface area (Å²) in [5.41, 5.74) is 3.32. The van der Waals surface area contributed by atoms with Crippen LogP contribution in [0.5, 0.6) is 5.75 Å². The summed E-state index contributed by atoms with van der Waals surface area (Å²) in [5, 5.41) is 8.98. The topological polar surface area (TPSA) is 29.5 Å². The highest BCUT2D eigenvalue weighted by atomic mass is 79.9. The Bertz CT molecular complexity index is 335. The van der Waals surface area contributed by atoms with Crippen molar-refractivity contribution in [2.24, 2.45) is 0 Å². The van der Waals surface area contributed by atoms with E-state index >= 15 is 0 Å². The lowest BCUT2D eigenvalue weighted by molar-refractivity contribution is 0.296. The van der Waals surface area contributed by atoms with Crippen LogP contribution in [0, 0.1) is 13.8 Å². The van der Waals surface area contributed by atoms with E-state index in [2.05, 4.69) is 15.9 Å². The van der Waals surface area contributed by atoms with Crippen LogP contribution >= 0.6 is 15.9 Å². The van der Waals surface area contributed by atoms with E-state index in [0.29, 0.717) is 6.42 Å². The molecule has 0 aliphatic heterocycles. The number of benzene rings is 1. The highest BCUT2D eigenvalue weighted by molar-refractivity contribution is 9.10. The molecule has 1 N–H and O–H groups in total. The van der Waals surface area contributed by atoms with Gasteiger partial charge in [-0.25, -0.2) is 0 Å². The van der Waals surface area contributed by atoms with Crippen LogP contribution in [-0.2, 0) is 6.42 Å². The van der Waals surface area contributed by atoms with Gasteiger partial charge in [-0.3, -0.25) is 0 Å². The summed E-state index contributed by atoms with van der Waals surface area (Å²) in [6, 6.07) is 2.04. The molecule has 78 valence electrons. The van der Waals surface area contributed by atoms with Crippen molar-refractivity contribution >= 4 is 15.9 Å². The van der Waals surface area contributed by atoms with E-state index in [4.69, 9.17) is 9.84 Å². The van der Waals surface area contributed by atoms with Gasteiger partial charge < -0.3 is 9.84 Å². The summed E-state index contributed by atoms with van der Waals surface area (Å²) in [4.78, 5) is 0. The summed E-state index contributed by atoms with van der Waals surface area (Å²) in [7, 11) is 1.66. The van der Waals surface area contributed by atoms with Gasteiger partial charge in [-0.1, -0.05) is 15.9 Å². The number of ether oxygens (including phenoxy) is 1. The van der Waals surface area contributed by atoms with Gasteiger partial charge in [0.15, 0.2) is 0 Å². The highest BCUT2D eigenvalue weighted by Gasteiger charge is 2.11. The van der Waals surface area contributed by atoms with Crippen LogP contribution in [-0.4, -0.2) is 18.8 Å². The third-order valence-electron chi connectivity index (χ3n) is 2.35. The molecular formula is C11H15BrO2. The first-order chi connectivity index (χ1) is 6.61. The van der Waals surface area contributed by atoms with Gasteiger partial charge in [-0.2, -0.15) is 0 Å². The van der Waals surface area contributed by atoms with E-state index in [1.54, 1.807) is 7.11 Å². The molecule has 14 heavy (non-hydrogen) atoms. The minimum absolute atomic E-state index is 0.146. The van der Waals surface area contributed by atoms with Crippen LogP contribution in [0.4, 0.5) is 0 Å². The molecule has 0 unspecified atom stereocenters. The molecule has 0 aliphatic rings. The summed E-state index contributed by atoms with van der Waals surface area (Å²) in [6.45, 7) is 4.17. The van der Waals surface area contributed by atoms with Crippen LogP contribution in [0.15, 0.2) is 10.5 Å². The second-order valence-electron chi connectivity index (χ2n) is 3.29.